The van der Waals surface area contributed by atoms with Gasteiger partial charge in [-0.1, -0.05) is 5.16 Å². The van der Waals surface area contributed by atoms with E-state index in [2.05, 4.69) is 5.16 Å². The molecule has 0 radical (unpaired) electrons. The third-order valence-electron chi connectivity index (χ3n) is 1.36. The first-order valence-corrected chi connectivity index (χ1v) is 2.83. The molecule has 1 N–H and O–H groups in total. The Morgan fingerprint density at radius 1 is 1.70 bits per heavy atom. The maximum absolute atomic E-state index is 6.96. The summed E-state index contributed by atoms with van der Waals surface area (Å²) in [7, 11) is 0. The maximum atomic E-state index is 6.96. The molecule has 0 amide bonds. The average molecular weight is 135 g/mol. The number of hydrogen-bond donors (Lipinski definition) is 1. The van der Waals surface area contributed by atoms with Crippen molar-refractivity contribution in [3.63, 3.8) is 0 Å². The van der Waals surface area contributed by atoms with E-state index in [1.165, 1.54) is 6.21 Å². The summed E-state index contributed by atoms with van der Waals surface area (Å²) in [5.41, 5.74) is 1.37. The minimum absolute atomic E-state index is 0.620. The van der Waals surface area contributed by atoms with E-state index < -0.39 is 0 Å². The van der Waals surface area contributed by atoms with E-state index in [-0.39, 0.29) is 0 Å². The van der Waals surface area contributed by atoms with E-state index in [9.17, 15) is 0 Å². The Kier molecular flexibility index (Phi) is 0.887. The Labute approximate surface area is 56.6 Å². The average Bonchev–Trinajstić information content (AvgIpc) is 2.44. The standard InChI is InChI=1S/C6H5N3O/c7-3-5-1-2-9-4-8-10-6(5)9/h1-4,7H. The summed E-state index contributed by atoms with van der Waals surface area (Å²) in [4.78, 5) is 0. The van der Waals surface area contributed by atoms with Crippen LogP contribution < -0.4 is 0 Å². The highest BCUT2D eigenvalue weighted by Crippen LogP contribution is 2.07. The predicted molar refractivity (Wildman–Crippen MR) is 35.3 cm³/mol. The third kappa shape index (κ3) is 0.500. The van der Waals surface area contributed by atoms with Crippen LogP contribution in [-0.2, 0) is 0 Å². The molecule has 0 unspecified atom stereocenters. The SMILES string of the molecule is N=Cc1ccn2cnoc12. The van der Waals surface area contributed by atoms with Gasteiger partial charge in [0.25, 0.3) is 0 Å². The van der Waals surface area contributed by atoms with Crippen LogP contribution in [0, 0.1) is 5.41 Å². The Morgan fingerprint density at radius 3 is 3.40 bits per heavy atom. The number of hydrogen-bond acceptors (Lipinski definition) is 3. The van der Waals surface area contributed by atoms with Crippen LogP contribution in [0.5, 0.6) is 0 Å². The minimum Gasteiger partial charge on any atom is -0.336 e. The van der Waals surface area contributed by atoms with E-state index in [1.54, 1.807) is 23.0 Å². The van der Waals surface area contributed by atoms with Crippen LogP contribution in [0.2, 0.25) is 0 Å². The summed E-state index contributed by atoms with van der Waals surface area (Å²) in [5, 5.41) is 10.5. The van der Waals surface area contributed by atoms with Crippen molar-refractivity contribution in [1.29, 1.82) is 5.41 Å². The molecule has 2 aromatic rings. The van der Waals surface area contributed by atoms with Crippen molar-refractivity contribution in [3.05, 3.63) is 24.2 Å². The van der Waals surface area contributed by atoms with Gasteiger partial charge in [0, 0.05) is 12.4 Å². The van der Waals surface area contributed by atoms with Crippen molar-refractivity contribution < 1.29 is 4.52 Å². The topological polar surface area (TPSA) is 54.3 Å². The second-order valence-electron chi connectivity index (χ2n) is 1.94. The number of nitrogens with zero attached hydrogens (tertiary/aromatic N) is 2. The van der Waals surface area contributed by atoms with Gasteiger partial charge in [-0.05, 0) is 6.07 Å². The summed E-state index contributed by atoms with van der Waals surface area (Å²) < 4.78 is 6.56. The van der Waals surface area contributed by atoms with Crippen LogP contribution in [0.1, 0.15) is 5.56 Å². The summed E-state index contributed by atoms with van der Waals surface area (Å²) >= 11 is 0. The van der Waals surface area contributed by atoms with Crippen molar-refractivity contribution in [1.82, 2.24) is 9.56 Å². The highest BCUT2D eigenvalue weighted by molar-refractivity contribution is 5.85. The van der Waals surface area contributed by atoms with Gasteiger partial charge in [0.1, 0.15) is 6.33 Å². The van der Waals surface area contributed by atoms with Gasteiger partial charge < -0.3 is 9.93 Å². The van der Waals surface area contributed by atoms with Crippen molar-refractivity contribution in [2.45, 2.75) is 0 Å². The number of rotatable bonds is 1. The van der Waals surface area contributed by atoms with Gasteiger partial charge in [-0.2, -0.15) is 0 Å². The molecule has 2 rings (SSSR count). The lowest BCUT2D eigenvalue weighted by Gasteiger charge is -1.77. The van der Waals surface area contributed by atoms with Crippen LogP contribution in [-0.4, -0.2) is 15.8 Å². The first kappa shape index (κ1) is 5.22. The van der Waals surface area contributed by atoms with E-state index in [1.807, 2.05) is 0 Å². The molecule has 2 aromatic heterocycles. The Balaban J connectivity index is 2.88. The van der Waals surface area contributed by atoms with Crippen molar-refractivity contribution in [2.24, 2.45) is 0 Å². The normalized spacial score (nSPS) is 10.4. The highest BCUT2D eigenvalue weighted by Gasteiger charge is 2.01. The Morgan fingerprint density at radius 2 is 2.60 bits per heavy atom. The largest absolute Gasteiger partial charge is 0.336 e. The van der Waals surface area contributed by atoms with E-state index in [0.717, 1.165) is 5.56 Å². The molecule has 10 heavy (non-hydrogen) atoms. The smallest absolute Gasteiger partial charge is 0.243 e. The van der Waals surface area contributed by atoms with Gasteiger partial charge in [0.2, 0.25) is 5.71 Å². The number of aromatic nitrogens is 2. The lowest BCUT2D eigenvalue weighted by atomic mass is 10.4. The quantitative estimate of drug-likeness (QED) is 0.591. The van der Waals surface area contributed by atoms with Crippen LogP contribution in [0.3, 0.4) is 0 Å². The van der Waals surface area contributed by atoms with Gasteiger partial charge in [-0.25, -0.2) is 0 Å². The van der Waals surface area contributed by atoms with Gasteiger partial charge in [-0.15, -0.1) is 0 Å². The molecule has 4 nitrogen and oxygen atoms in total. The molecule has 0 aliphatic carbocycles. The maximum Gasteiger partial charge on any atom is 0.243 e. The number of nitrogens with one attached hydrogen (secondary N) is 1. The fourth-order valence-electron chi connectivity index (χ4n) is 0.874. The van der Waals surface area contributed by atoms with Crippen LogP contribution in [0.15, 0.2) is 23.1 Å². The summed E-state index contributed by atoms with van der Waals surface area (Å²) in [6.07, 6.45) is 4.59. The molecule has 0 fully saturated rings. The Bertz CT molecular complexity index is 360. The van der Waals surface area contributed by atoms with Crippen molar-refractivity contribution in [3.8, 4) is 0 Å². The van der Waals surface area contributed by atoms with Gasteiger partial charge >= 0.3 is 0 Å². The second kappa shape index (κ2) is 1.70. The van der Waals surface area contributed by atoms with Crippen LogP contribution in [0.4, 0.5) is 0 Å². The highest BCUT2D eigenvalue weighted by atomic mass is 16.5. The minimum atomic E-state index is 0.620. The van der Waals surface area contributed by atoms with E-state index in [0.29, 0.717) is 5.71 Å². The summed E-state index contributed by atoms with van der Waals surface area (Å²) in [6.45, 7) is 0. The molecule has 0 saturated heterocycles. The zero-order valence-electron chi connectivity index (χ0n) is 5.11. The van der Waals surface area contributed by atoms with E-state index >= 15 is 0 Å². The number of fused-ring (bicyclic) bond motifs is 1. The van der Waals surface area contributed by atoms with E-state index in [4.69, 9.17) is 9.93 Å². The van der Waals surface area contributed by atoms with Gasteiger partial charge in [0.05, 0.1) is 5.56 Å². The molecule has 0 aliphatic rings. The second-order valence-corrected chi connectivity index (χ2v) is 1.94. The monoisotopic (exact) mass is 135 g/mol. The molecule has 2 heterocycles. The summed E-state index contributed by atoms with van der Waals surface area (Å²) in [6, 6.07) is 1.80. The molecule has 0 aliphatic heterocycles. The molecule has 0 bridgehead atoms. The molecule has 0 spiro atoms. The summed E-state index contributed by atoms with van der Waals surface area (Å²) in [5.74, 6) is 0. The molecule has 4 heteroatoms. The van der Waals surface area contributed by atoms with Crippen LogP contribution >= 0.6 is 0 Å². The molecule has 50 valence electrons. The molecule has 0 aromatic carbocycles. The third-order valence-corrected chi connectivity index (χ3v) is 1.36. The first-order chi connectivity index (χ1) is 4.92. The molecule has 0 atom stereocenters. The lowest BCUT2D eigenvalue weighted by Crippen LogP contribution is -1.73. The van der Waals surface area contributed by atoms with Gasteiger partial charge in [0.15, 0.2) is 0 Å². The Hall–Kier alpha value is -1.58. The first-order valence-electron chi connectivity index (χ1n) is 2.83. The lowest BCUT2D eigenvalue weighted by molar-refractivity contribution is 0.455. The fraction of sp³-hybridized carbons (Fsp3) is 0. The van der Waals surface area contributed by atoms with Crippen molar-refractivity contribution in [2.75, 3.05) is 0 Å². The predicted octanol–water partition coefficient (Wildman–Crippen LogP) is 0.925. The van der Waals surface area contributed by atoms with Gasteiger partial charge in [-0.3, -0.25) is 4.40 Å². The van der Waals surface area contributed by atoms with Crippen molar-refractivity contribution >= 4 is 11.9 Å². The molecule has 0 saturated carbocycles. The fourth-order valence-corrected chi connectivity index (χ4v) is 0.874. The molecular formula is C6H5N3O. The molecular weight excluding hydrogens is 130 g/mol. The van der Waals surface area contributed by atoms with Crippen LogP contribution in [0.25, 0.3) is 5.71 Å². The zero-order valence-corrected chi connectivity index (χ0v) is 5.11. The zero-order chi connectivity index (χ0) is 6.97.